The third kappa shape index (κ3) is 8.64. The first-order valence-electron chi connectivity index (χ1n) is 15.6. The average Bonchev–Trinajstić information content (AvgIpc) is 2.77. The minimum absolute atomic E-state index is 0.00827. The van der Waals surface area contributed by atoms with Crippen molar-refractivity contribution in [2.75, 3.05) is 0 Å². The van der Waals surface area contributed by atoms with E-state index in [1.165, 1.54) is 43.2 Å². The van der Waals surface area contributed by atoms with E-state index in [0.717, 1.165) is 43.2 Å². The Balaban J connectivity index is 1.19. The molecule has 0 aromatic heterocycles. The number of unbranched alkanes of at least 4 members (excludes halogenated alkanes) is 3. The first kappa shape index (κ1) is 30.3. The molecule has 0 saturated carbocycles. The highest BCUT2D eigenvalue weighted by Gasteiger charge is 2.39. The van der Waals surface area contributed by atoms with Gasteiger partial charge < -0.3 is 10.6 Å². The Labute approximate surface area is 239 Å². The summed E-state index contributed by atoms with van der Waals surface area (Å²) in [7, 11) is 0. The van der Waals surface area contributed by atoms with Crippen LogP contribution in [0.3, 0.4) is 0 Å². The van der Waals surface area contributed by atoms with Crippen LogP contribution in [0.5, 0.6) is 0 Å². The molecule has 2 aromatic carbocycles. The zero-order valence-electron chi connectivity index (χ0n) is 26.1. The summed E-state index contributed by atoms with van der Waals surface area (Å²) >= 11 is 0. The molecule has 2 aliphatic rings. The number of halogens is 1. The van der Waals surface area contributed by atoms with Gasteiger partial charge in [-0.1, -0.05) is 49.2 Å². The first-order valence-corrected chi connectivity index (χ1v) is 15.6. The standard InChI is InChI=1S/C36H55FN2/c1-33(2)22-29(23-34(3,4)38-33)28-18-15-26(16-19-28)13-11-9-10-12-14-27-17-20-31(32(37)21-27)30-24-35(5,6)39-36(7,8)25-30/h15-21,29-30,38-39H,9-14,22-25H2,1-8H3. The topological polar surface area (TPSA) is 24.1 Å². The lowest BCUT2D eigenvalue weighted by Gasteiger charge is -2.46. The molecule has 216 valence electrons. The number of hydrogen-bond acceptors (Lipinski definition) is 2. The lowest BCUT2D eigenvalue weighted by Crippen LogP contribution is -2.57. The van der Waals surface area contributed by atoms with Crippen molar-refractivity contribution in [1.82, 2.24) is 10.6 Å². The number of aryl methyl sites for hydroxylation is 2. The maximum atomic E-state index is 15.2. The van der Waals surface area contributed by atoms with Gasteiger partial charge >= 0.3 is 0 Å². The highest BCUT2D eigenvalue weighted by atomic mass is 19.1. The predicted octanol–water partition coefficient (Wildman–Crippen LogP) is 9.22. The molecular formula is C36H55FN2. The Morgan fingerprint density at radius 3 is 1.51 bits per heavy atom. The van der Waals surface area contributed by atoms with E-state index in [1.807, 2.05) is 6.07 Å². The summed E-state index contributed by atoms with van der Waals surface area (Å²) in [5.74, 6) is 0.895. The van der Waals surface area contributed by atoms with Crippen LogP contribution in [0.25, 0.3) is 0 Å². The third-order valence-electron chi connectivity index (χ3n) is 9.02. The van der Waals surface area contributed by atoms with Crippen LogP contribution in [0.1, 0.15) is 141 Å². The van der Waals surface area contributed by atoms with E-state index >= 15 is 4.39 Å². The summed E-state index contributed by atoms with van der Waals surface area (Å²) < 4.78 is 15.2. The molecule has 4 rings (SSSR count). The van der Waals surface area contributed by atoms with E-state index in [1.54, 1.807) is 0 Å². The predicted molar refractivity (Wildman–Crippen MR) is 165 cm³/mol. The highest BCUT2D eigenvalue weighted by molar-refractivity contribution is 5.30. The molecule has 0 aliphatic carbocycles. The summed E-state index contributed by atoms with van der Waals surface area (Å²) in [4.78, 5) is 0. The van der Waals surface area contributed by atoms with E-state index < -0.39 is 0 Å². The maximum absolute atomic E-state index is 15.2. The lowest BCUT2D eigenvalue weighted by molar-refractivity contribution is 0.160. The van der Waals surface area contributed by atoms with Gasteiger partial charge in [-0.25, -0.2) is 4.39 Å². The Hall–Kier alpha value is -1.71. The summed E-state index contributed by atoms with van der Waals surface area (Å²) in [5, 5.41) is 7.52. The first-order chi connectivity index (χ1) is 18.1. The quantitative estimate of drug-likeness (QED) is 0.313. The van der Waals surface area contributed by atoms with Gasteiger partial charge in [-0.3, -0.25) is 0 Å². The summed E-state index contributed by atoms with van der Waals surface area (Å²) in [6, 6.07) is 15.5. The summed E-state index contributed by atoms with van der Waals surface area (Å²) in [6.45, 7) is 18.3. The fourth-order valence-electron chi connectivity index (χ4n) is 8.13. The minimum atomic E-state index is -0.00827. The molecule has 2 N–H and O–H groups in total. The average molecular weight is 535 g/mol. The van der Waals surface area contributed by atoms with E-state index in [-0.39, 0.29) is 33.9 Å². The van der Waals surface area contributed by atoms with Crippen LogP contribution in [0.15, 0.2) is 42.5 Å². The normalized spacial score (nSPS) is 22.6. The van der Waals surface area contributed by atoms with Gasteiger partial charge in [0.25, 0.3) is 0 Å². The molecule has 2 saturated heterocycles. The van der Waals surface area contributed by atoms with Crippen molar-refractivity contribution in [2.24, 2.45) is 0 Å². The van der Waals surface area contributed by atoms with Gasteiger partial charge in [-0.2, -0.15) is 0 Å². The molecule has 0 unspecified atom stereocenters. The van der Waals surface area contributed by atoms with Crippen molar-refractivity contribution in [3.63, 3.8) is 0 Å². The molecule has 0 radical (unpaired) electrons. The van der Waals surface area contributed by atoms with Crippen molar-refractivity contribution < 1.29 is 4.39 Å². The Bertz CT molecular complexity index is 1060. The molecule has 2 aliphatic heterocycles. The zero-order chi connectivity index (χ0) is 28.5. The van der Waals surface area contributed by atoms with E-state index in [9.17, 15) is 0 Å². The van der Waals surface area contributed by atoms with Crippen molar-refractivity contribution in [3.8, 4) is 0 Å². The summed E-state index contributed by atoms with van der Waals surface area (Å²) in [6.07, 6.45) is 11.2. The summed E-state index contributed by atoms with van der Waals surface area (Å²) in [5.41, 5.74) is 5.41. The van der Waals surface area contributed by atoms with Gasteiger partial charge in [-0.05, 0) is 147 Å². The molecule has 0 spiro atoms. The number of benzene rings is 2. The second kappa shape index (κ2) is 11.6. The molecule has 2 nitrogen and oxygen atoms in total. The SMILES string of the molecule is CC1(C)CC(c2ccc(CCCCCCc3ccc(C4CC(C)(C)NC(C)(C)C4)c(F)c3)cc2)CC(C)(C)N1. The van der Waals surface area contributed by atoms with Crippen LogP contribution in [-0.4, -0.2) is 22.2 Å². The maximum Gasteiger partial charge on any atom is 0.126 e. The largest absolute Gasteiger partial charge is 0.307 e. The Morgan fingerprint density at radius 1 is 0.590 bits per heavy atom. The third-order valence-corrected chi connectivity index (χ3v) is 9.02. The molecule has 3 heteroatoms. The smallest absolute Gasteiger partial charge is 0.126 e. The second-order valence-electron chi connectivity index (χ2n) is 15.5. The molecule has 2 heterocycles. The number of hydrogen-bond donors (Lipinski definition) is 2. The van der Waals surface area contributed by atoms with E-state index in [0.29, 0.717) is 5.92 Å². The number of nitrogens with one attached hydrogen (secondary N) is 2. The monoisotopic (exact) mass is 534 g/mol. The van der Waals surface area contributed by atoms with Crippen molar-refractivity contribution >= 4 is 0 Å². The van der Waals surface area contributed by atoms with Crippen molar-refractivity contribution in [2.45, 2.75) is 154 Å². The number of rotatable bonds is 9. The Morgan fingerprint density at radius 2 is 1.03 bits per heavy atom. The fraction of sp³-hybridized carbons (Fsp3) is 0.667. The van der Waals surface area contributed by atoms with Gasteiger partial charge in [0.05, 0.1) is 0 Å². The van der Waals surface area contributed by atoms with Crippen LogP contribution in [0, 0.1) is 5.82 Å². The molecule has 0 atom stereocenters. The van der Waals surface area contributed by atoms with E-state index in [4.69, 9.17) is 0 Å². The van der Waals surface area contributed by atoms with E-state index in [2.05, 4.69) is 102 Å². The fourth-order valence-corrected chi connectivity index (χ4v) is 8.13. The van der Waals surface area contributed by atoms with Gasteiger partial charge in [0.15, 0.2) is 0 Å². The lowest BCUT2D eigenvalue weighted by atomic mass is 9.73. The molecule has 2 fully saturated rings. The van der Waals surface area contributed by atoms with Crippen molar-refractivity contribution in [1.29, 1.82) is 0 Å². The van der Waals surface area contributed by atoms with Crippen LogP contribution in [-0.2, 0) is 12.8 Å². The van der Waals surface area contributed by atoms with Gasteiger partial charge in [0.2, 0.25) is 0 Å². The molecule has 2 aromatic rings. The van der Waals surface area contributed by atoms with Gasteiger partial charge in [0.1, 0.15) is 5.82 Å². The van der Waals surface area contributed by atoms with Crippen LogP contribution in [0.4, 0.5) is 4.39 Å². The van der Waals surface area contributed by atoms with Gasteiger partial charge in [0, 0.05) is 22.2 Å². The Kier molecular flexibility index (Phi) is 9.04. The van der Waals surface area contributed by atoms with Crippen LogP contribution >= 0.6 is 0 Å². The zero-order valence-corrected chi connectivity index (χ0v) is 26.1. The minimum Gasteiger partial charge on any atom is -0.307 e. The van der Waals surface area contributed by atoms with Crippen molar-refractivity contribution in [3.05, 3.63) is 70.5 Å². The molecule has 0 amide bonds. The van der Waals surface area contributed by atoms with Gasteiger partial charge in [-0.15, -0.1) is 0 Å². The molecule has 0 bridgehead atoms. The van der Waals surface area contributed by atoms with Crippen LogP contribution < -0.4 is 10.6 Å². The second-order valence-corrected chi connectivity index (χ2v) is 15.5. The molecular weight excluding hydrogens is 479 g/mol. The molecule has 39 heavy (non-hydrogen) atoms. The number of piperidine rings is 2. The van der Waals surface area contributed by atoms with Crippen LogP contribution in [0.2, 0.25) is 0 Å². The highest BCUT2D eigenvalue weighted by Crippen LogP contribution is 2.41.